The van der Waals surface area contributed by atoms with Crippen molar-refractivity contribution in [2.45, 2.75) is 10.8 Å². The topological polar surface area (TPSA) is 82.5 Å². The van der Waals surface area contributed by atoms with Crippen LogP contribution in [0, 0.1) is 5.82 Å². The molecule has 2 aromatic carbocycles. The molecular formula is C24H18ClFN6S. The highest BCUT2D eigenvalue weighted by Gasteiger charge is 2.19. The molecule has 0 aliphatic heterocycles. The number of halogens is 2. The Balaban J connectivity index is 1.62. The number of nitrogens with two attached hydrogens (primary N) is 1. The van der Waals surface area contributed by atoms with Crippen LogP contribution in [0.4, 0.5) is 10.2 Å². The van der Waals surface area contributed by atoms with Crippen molar-refractivity contribution < 1.29 is 4.39 Å². The second-order valence-corrected chi connectivity index (χ2v) is 8.81. The van der Waals surface area contributed by atoms with Crippen molar-refractivity contribution in [1.29, 1.82) is 0 Å². The third kappa shape index (κ3) is 4.40. The van der Waals surface area contributed by atoms with Gasteiger partial charge in [0.2, 0.25) is 0 Å². The van der Waals surface area contributed by atoms with Gasteiger partial charge in [0.25, 0.3) is 0 Å². The smallest absolute Gasteiger partial charge is 0.156 e. The summed E-state index contributed by atoms with van der Waals surface area (Å²) in [5.41, 5.74) is 10.6. The number of aryl methyl sites for hydroxylation is 1. The fourth-order valence-corrected chi connectivity index (χ4v) is 4.60. The first kappa shape index (κ1) is 21.4. The summed E-state index contributed by atoms with van der Waals surface area (Å²) in [6.07, 6.45) is 3.55. The molecule has 3 aromatic heterocycles. The van der Waals surface area contributed by atoms with Crippen molar-refractivity contribution in [3.63, 3.8) is 0 Å². The number of thioether (sulfide) groups is 1. The average molecular weight is 477 g/mol. The molecule has 5 rings (SSSR count). The Kier molecular flexibility index (Phi) is 5.70. The van der Waals surface area contributed by atoms with Crippen LogP contribution in [0.25, 0.3) is 33.5 Å². The molecule has 0 unspecified atom stereocenters. The fourth-order valence-electron chi connectivity index (χ4n) is 3.48. The van der Waals surface area contributed by atoms with Crippen molar-refractivity contribution in [3.05, 3.63) is 83.4 Å². The molecule has 5 aromatic rings. The van der Waals surface area contributed by atoms with Crippen LogP contribution in [0.1, 0.15) is 5.56 Å². The van der Waals surface area contributed by atoms with E-state index in [1.165, 1.54) is 23.9 Å². The SMILES string of the molecule is Cn1ccc(-c2nc(N)c(SCc3ccc(F)cc3)nc2-c2cc(Cl)c3ncccc3c2)n1. The molecule has 33 heavy (non-hydrogen) atoms. The Hall–Kier alpha value is -3.49. The highest BCUT2D eigenvalue weighted by atomic mass is 35.5. The van der Waals surface area contributed by atoms with Crippen molar-refractivity contribution in [3.8, 4) is 22.6 Å². The molecular weight excluding hydrogens is 459 g/mol. The molecule has 0 atom stereocenters. The van der Waals surface area contributed by atoms with Gasteiger partial charge < -0.3 is 5.73 Å². The quantitative estimate of drug-likeness (QED) is 0.325. The van der Waals surface area contributed by atoms with Gasteiger partial charge in [0.15, 0.2) is 5.82 Å². The molecule has 0 radical (unpaired) electrons. The number of aromatic nitrogens is 5. The summed E-state index contributed by atoms with van der Waals surface area (Å²) in [6, 6.07) is 15.8. The maximum Gasteiger partial charge on any atom is 0.156 e. The molecule has 0 spiro atoms. The molecule has 3 heterocycles. The van der Waals surface area contributed by atoms with Crippen LogP contribution in [0.15, 0.2) is 72.0 Å². The van der Waals surface area contributed by atoms with Gasteiger partial charge >= 0.3 is 0 Å². The molecule has 2 N–H and O–H groups in total. The van der Waals surface area contributed by atoms with E-state index in [-0.39, 0.29) is 5.82 Å². The molecule has 0 aliphatic carbocycles. The second kappa shape index (κ2) is 8.80. The van der Waals surface area contributed by atoms with Gasteiger partial charge in [-0.15, -0.1) is 0 Å². The van der Waals surface area contributed by atoms with Gasteiger partial charge in [0.1, 0.15) is 22.2 Å². The minimum absolute atomic E-state index is 0.271. The molecule has 0 saturated carbocycles. The monoisotopic (exact) mass is 476 g/mol. The summed E-state index contributed by atoms with van der Waals surface area (Å²) in [4.78, 5) is 13.9. The molecule has 9 heteroatoms. The third-order valence-electron chi connectivity index (χ3n) is 5.07. The molecule has 6 nitrogen and oxygen atoms in total. The zero-order valence-electron chi connectivity index (χ0n) is 17.5. The highest BCUT2D eigenvalue weighted by Crippen LogP contribution is 2.36. The van der Waals surface area contributed by atoms with Gasteiger partial charge in [-0.25, -0.2) is 14.4 Å². The Morgan fingerprint density at radius 1 is 1.06 bits per heavy atom. The molecule has 0 fully saturated rings. The Morgan fingerprint density at radius 3 is 2.64 bits per heavy atom. The van der Waals surface area contributed by atoms with E-state index in [4.69, 9.17) is 22.3 Å². The minimum Gasteiger partial charge on any atom is -0.381 e. The van der Waals surface area contributed by atoms with E-state index < -0.39 is 0 Å². The Bertz CT molecular complexity index is 1470. The number of nitrogen functional groups attached to an aromatic ring is 1. The number of rotatable bonds is 5. The van der Waals surface area contributed by atoms with Crippen molar-refractivity contribution in [2.75, 3.05) is 5.73 Å². The van der Waals surface area contributed by atoms with Gasteiger partial charge in [0, 0.05) is 36.1 Å². The lowest BCUT2D eigenvalue weighted by Gasteiger charge is -2.13. The van der Waals surface area contributed by atoms with E-state index in [1.807, 2.05) is 43.6 Å². The third-order valence-corrected chi connectivity index (χ3v) is 6.41. The van der Waals surface area contributed by atoms with Crippen LogP contribution in [0.5, 0.6) is 0 Å². The van der Waals surface area contributed by atoms with E-state index in [9.17, 15) is 4.39 Å². The van der Waals surface area contributed by atoms with Crippen LogP contribution in [-0.2, 0) is 12.8 Å². The summed E-state index contributed by atoms with van der Waals surface area (Å²) in [5, 5.41) is 6.49. The summed E-state index contributed by atoms with van der Waals surface area (Å²) < 4.78 is 14.9. The molecule has 0 amide bonds. The molecule has 164 valence electrons. The minimum atomic E-state index is -0.271. The lowest BCUT2D eigenvalue weighted by molar-refractivity contribution is 0.627. The lowest BCUT2D eigenvalue weighted by atomic mass is 10.0. The highest BCUT2D eigenvalue weighted by molar-refractivity contribution is 7.98. The van der Waals surface area contributed by atoms with Gasteiger partial charge in [-0.1, -0.05) is 41.6 Å². The zero-order valence-corrected chi connectivity index (χ0v) is 19.1. The standard InChI is InChI=1S/C24H18ClFN6S/c1-32-10-8-19(31-32)22-21(16-11-15-3-2-9-28-20(15)18(25)12-16)30-24(23(27)29-22)33-13-14-4-6-17(26)7-5-14/h2-12H,13H2,1H3,(H2,27,29). The average Bonchev–Trinajstić information content (AvgIpc) is 3.25. The Labute approximate surface area is 198 Å². The molecule has 0 saturated heterocycles. The first-order valence-electron chi connectivity index (χ1n) is 10.1. The van der Waals surface area contributed by atoms with E-state index in [2.05, 4.69) is 15.1 Å². The number of fused-ring (bicyclic) bond motifs is 1. The van der Waals surface area contributed by atoms with Crippen LogP contribution in [0.2, 0.25) is 5.02 Å². The first-order chi connectivity index (χ1) is 16.0. The van der Waals surface area contributed by atoms with E-state index in [0.717, 1.165) is 22.0 Å². The Morgan fingerprint density at radius 2 is 1.88 bits per heavy atom. The number of nitrogens with zero attached hydrogens (tertiary/aromatic N) is 5. The number of pyridine rings is 1. The predicted octanol–water partition coefficient (Wildman–Crippen LogP) is 5.76. The van der Waals surface area contributed by atoms with Gasteiger partial charge in [-0.05, 0) is 42.0 Å². The maximum absolute atomic E-state index is 13.2. The largest absolute Gasteiger partial charge is 0.381 e. The zero-order chi connectivity index (χ0) is 22.9. The number of anilines is 1. The van der Waals surface area contributed by atoms with Gasteiger partial charge in [0.05, 0.1) is 16.2 Å². The number of hydrogen-bond donors (Lipinski definition) is 1. The van der Waals surface area contributed by atoms with Crippen molar-refractivity contribution >= 4 is 40.1 Å². The van der Waals surface area contributed by atoms with Crippen LogP contribution in [-0.4, -0.2) is 24.7 Å². The molecule has 0 bridgehead atoms. The van der Waals surface area contributed by atoms with Gasteiger partial charge in [-0.3, -0.25) is 9.67 Å². The predicted molar refractivity (Wildman–Crippen MR) is 130 cm³/mol. The van der Waals surface area contributed by atoms with Crippen LogP contribution in [0.3, 0.4) is 0 Å². The van der Waals surface area contributed by atoms with Crippen LogP contribution >= 0.6 is 23.4 Å². The van der Waals surface area contributed by atoms with E-state index in [0.29, 0.717) is 38.7 Å². The van der Waals surface area contributed by atoms with E-state index >= 15 is 0 Å². The second-order valence-electron chi connectivity index (χ2n) is 7.43. The van der Waals surface area contributed by atoms with Crippen molar-refractivity contribution in [1.82, 2.24) is 24.7 Å². The summed E-state index contributed by atoms with van der Waals surface area (Å²) in [5.74, 6) is 0.608. The fraction of sp³-hybridized carbons (Fsp3) is 0.0833. The van der Waals surface area contributed by atoms with Crippen molar-refractivity contribution in [2.24, 2.45) is 7.05 Å². The first-order valence-corrected chi connectivity index (χ1v) is 11.4. The van der Waals surface area contributed by atoms with Crippen LogP contribution < -0.4 is 5.73 Å². The maximum atomic E-state index is 13.2. The summed E-state index contributed by atoms with van der Waals surface area (Å²) >= 11 is 7.99. The molecule has 0 aliphatic rings. The number of hydrogen-bond acceptors (Lipinski definition) is 6. The summed E-state index contributed by atoms with van der Waals surface area (Å²) in [7, 11) is 1.84. The lowest BCUT2D eigenvalue weighted by Crippen LogP contribution is -2.03. The number of benzene rings is 2. The van der Waals surface area contributed by atoms with E-state index in [1.54, 1.807) is 23.0 Å². The summed E-state index contributed by atoms with van der Waals surface area (Å²) in [6.45, 7) is 0. The normalized spacial score (nSPS) is 11.2. The van der Waals surface area contributed by atoms with Gasteiger partial charge in [-0.2, -0.15) is 5.10 Å².